The van der Waals surface area contributed by atoms with E-state index in [-0.39, 0.29) is 5.60 Å². The zero-order valence-corrected chi connectivity index (χ0v) is 12.3. The number of nitrogens with one attached hydrogen (secondary N) is 1. The van der Waals surface area contributed by atoms with Gasteiger partial charge in [0, 0.05) is 19.8 Å². The lowest BCUT2D eigenvalue weighted by atomic mass is 9.87. The Morgan fingerprint density at radius 2 is 2.00 bits per heavy atom. The maximum atomic E-state index is 6.04. The molecule has 0 aromatic carbocycles. The van der Waals surface area contributed by atoms with Gasteiger partial charge in [0.2, 0.25) is 0 Å². The van der Waals surface area contributed by atoms with Crippen LogP contribution in [0.4, 0.5) is 0 Å². The number of ether oxygens (including phenoxy) is 2. The van der Waals surface area contributed by atoms with Crippen molar-refractivity contribution in [3.05, 3.63) is 0 Å². The quantitative estimate of drug-likeness (QED) is 0.778. The van der Waals surface area contributed by atoms with Gasteiger partial charge >= 0.3 is 0 Å². The van der Waals surface area contributed by atoms with Crippen molar-refractivity contribution in [2.24, 2.45) is 5.41 Å². The van der Waals surface area contributed by atoms with E-state index in [1.807, 2.05) is 7.05 Å². The standard InChI is InChI=1S/C14H29NO2/c1-13(2)8-7-11(12(13)15-5)17-10-9-14(3,4)16-6/h11-12,15H,7-10H2,1-6H3. The fraction of sp³-hybridized carbons (Fsp3) is 1.00. The monoisotopic (exact) mass is 243 g/mol. The maximum Gasteiger partial charge on any atom is 0.0733 e. The van der Waals surface area contributed by atoms with Gasteiger partial charge in [0.05, 0.1) is 11.7 Å². The van der Waals surface area contributed by atoms with Gasteiger partial charge < -0.3 is 14.8 Å². The SMILES string of the molecule is CNC1C(OCCC(C)(C)OC)CCC1(C)C. The Morgan fingerprint density at radius 3 is 2.53 bits per heavy atom. The molecule has 2 unspecified atom stereocenters. The number of hydrogen-bond acceptors (Lipinski definition) is 3. The maximum absolute atomic E-state index is 6.04. The smallest absolute Gasteiger partial charge is 0.0733 e. The third kappa shape index (κ3) is 3.94. The highest BCUT2D eigenvalue weighted by Crippen LogP contribution is 2.38. The lowest BCUT2D eigenvalue weighted by Gasteiger charge is -2.31. The van der Waals surface area contributed by atoms with Crippen molar-refractivity contribution >= 4 is 0 Å². The van der Waals surface area contributed by atoms with Crippen molar-refractivity contribution < 1.29 is 9.47 Å². The summed E-state index contributed by atoms with van der Waals surface area (Å²) in [5.74, 6) is 0. The number of rotatable bonds is 6. The summed E-state index contributed by atoms with van der Waals surface area (Å²) in [6.45, 7) is 9.61. The minimum atomic E-state index is -0.0801. The molecule has 1 saturated carbocycles. The van der Waals surface area contributed by atoms with E-state index in [4.69, 9.17) is 9.47 Å². The lowest BCUT2D eigenvalue weighted by Crippen LogP contribution is -2.44. The summed E-state index contributed by atoms with van der Waals surface area (Å²) in [5.41, 5.74) is 0.263. The van der Waals surface area contributed by atoms with Crippen molar-refractivity contribution in [1.82, 2.24) is 5.32 Å². The van der Waals surface area contributed by atoms with Crippen molar-refractivity contribution in [1.29, 1.82) is 0 Å². The molecule has 0 aromatic rings. The van der Waals surface area contributed by atoms with Crippen LogP contribution in [-0.4, -0.2) is 38.5 Å². The predicted molar refractivity (Wildman–Crippen MR) is 71.3 cm³/mol. The number of likely N-dealkylation sites (N-methyl/N-ethyl adjacent to an activating group) is 1. The molecule has 3 nitrogen and oxygen atoms in total. The van der Waals surface area contributed by atoms with Crippen LogP contribution in [0.25, 0.3) is 0 Å². The van der Waals surface area contributed by atoms with Crippen molar-refractivity contribution in [2.75, 3.05) is 20.8 Å². The Hall–Kier alpha value is -0.120. The normalized spacial score (nSPS) is 28.6. The van der Waals surface area contributed by atoms with Gasteiger partial charge in [-0.2, -0.15) is 0 Å². The zero-order chi connectivity index (χ0) is 13.1. The highest BCUT2D eigenvalue weighted by atomic mass is 16.5. The van der Waals surface area contributed by atoms with Crippen molar-refractivity contribution in [3.8, 4) is 0 Å². The zero-order valence-electron chi connectivity index (χ0n) is 12.3. The average molecular weight is 243 g/mol. The second-order valence-corrected chi connectivity index (χ2v) is 6.42. The first-order valence-electron chi connectivity index (χ1n) is 6.66. The van der Waals surface area contributed by atoms with Gasteiger partial charge in [0.25, 0.3) is 0 Å². The third-order valence-electron chi connectivity index (χ3n) is 4.19. The molecule has 1 aliphatic rings. The van der Waals surface area contributed by atoms with Crippen LogP contribution in [0.2, 0.25) is 0 Å². The Kier molecular flexibility index (Phi) is 4.99. The molecule has 0 spiro atoms. The van der Waals surface area contributed by atoms with Crippen molar-refractivity contribution in [2.45, 2.75) is 64.7 Å². The van der Waals surface area contributed by atoms with Gasteiger partial charge in [0.15, 0.2) is 0 Å². The van der Waals surface area contributed by atoms with Crippen molar-refractivity contribution in [3.63, 3.8) is 0 Å². The fourth-order valence-electron chi connectivity index (χ4n) is 2.65. The largest absolute Gasteiger partial charge is 0.379 e. The molecule has 2 atom stereocenters. The Labute approximate surface area is 106 Å². The molecule has 0 radical (unpaired) electrons. The number of hydrogen-bond donors (Lipinski definition) is 1. The molecule has 0 saturated heterocycles. The molecule has 0 aromatic heterocycles. The molecule has 1 fully saturated rings. The van der Waals surface area contributed by atoms with Gasteiger partial charge in [-0.25, -0.2) is 0 Å². The molecule has 1 aliphatic carbocycles. The van der Waals surface area contributed by atoms with Gasteiger partial charge in [-0.15, -0.1) is 0 Å². The first-order chi connectivity index (χ1) is 7.82. The van der Waals surface area contributed by atoms with Crippen LogP contribution in [0.3, 0.4) is 0 Å². The topological polar surface area (TPSA) is 30.5 Å². The molecule has 0 bridgehead atoms. The van der Waals surface area contributed by atoms with Gasteiger partial charge in [-0.05, 0) is 45.6 Å². The van der Waals surface area contributed by atoms with E-state index in [9.17, 15) is 0 Å². The van der Waals surface area contributed by atoms with E-state index in [2.05, 4.69) is 33.0 Å². The van der Waals surface area contributed by atoms with Crippen LogP contribution in [0.5, 0.6) is 0 Å². The third-order valence-corrected chi connectivity index (χ3v) is 4.19. The second kappa shape index (κ2) is 5.68. The summed E-state index contributed by atoms with van der Waals surface area (Å²) in [7, 11) is 3.79. The molecule has 0 heterocycles. The minimum Gasteiger partial charge on any atom is -0.379 e. The Balaban J connectivity index is 2.38. The summed E-state index contributed by atoms with van der Waals surface area (Å²) in [4.78, 5) is 0. The molecule has 0 amide bonds. The minimum absolute atomic E-state index is 0.0801. The van der Waals surface area contributed by atoms with Crippen LogP contribution in [0, 0.1) is 5.41 Å². The summed E-state index contributed by atoms with van der Waals surface area (Å²) >= 11 is 0. The summed E-state index contributed by atoms with van der Waals surface area (Å²) < 4.78 is 11.4. The molecule has 1 N–H and O–H groups in total. The fourth-order valence-corrected chi connectivity index (χ4v) is 2.65. The molecule has 1 rings (SSSR count). The van der Waals surface area contributed by atoms with E-state index in [1.54, 1.807) is 7.11 Å². The Morgan fingerprint density at radius 1 is 1.35 bits per heavy atom. The highest BCUT2D eigenvalue weighted by molar-refractivity contribution is 4.96. The van der Waals surface area contributed by atoms with Crippen LogP contribution in [-0.2, 0) is 9.47 Å². The molecule has 102 valence electrons. The predicted octanol–water partition coefficient (Wildman–Crippen LogP) is 2.59. The highest BCUT2D eigenvalue weighted by Gasteiger charge is 2.41. The van der Waals surface area contributed by atoms with E-state index in [1.165, 1.54) is 6.42 Å². The van der Waals surface area contributed by atoms with E-state index < -0.39 is 0 Å². The van der Waals surface area contributed by atoms with E-state index in [0.717, 1.165) is 19.4 Å². The average Bonchev–Trinajstić information content (AvgIpc) is 2.53. The molecular formula is C14H29NO2. The lowest BCUT2D eigenvalue weighted by molar-refractivity contribution is -0.0333. The summed E-state index contributed by atoms with van der Waals surface area (Å²) in [6.07, 6.45) is 3.68. The van der Waals surface area contributed by atoms with Crippen LogP contribution in [0.15, 0.2) is 0 Å². The van der Waals surface area contributed by atoms with E-state index in [0.29, 0.717) is 17.6 Å². The van der Waals surface area contributed by atoms with Crippen LogP contribution < -0.4 is 5.32 Å². The number of methoxy groups -OCH3 is 1. The van der Waals surface area contributed by atoms with Gasteiger partial charge in [-0.3, -0.25) is 0 Å². The first-order valence-corrected chi connectivity index (χ1v) is 6.66. The molecule has 0 aliphatic heterocycles. The summed E-state index contributed by atoms with van der Waals surface area (Å²) in [6, 6.07) is 0.466. The first kappa shape index (κ1) is 14.9. The van der Waals surface area contributed by atoms with Gasteiger partial charge in [-0.1, -0.05) is 13.8 Å². The molecule has 3 heteroatoms. The molecular weight excluding hydrogens is 214 g/mol. The Bertz CT molecular complexity index is 238. The van der Waals surface area contributed by atoms with Gasteiger partial charge in [0.1, 0.15) is 0 Å². The van der Waals surface area contributed by atoms with E-state index >= 15 is 0 Å². The summed E-state index contributed by atoms with van der Waals surface area (Å²) in [5, 5.41) is 3.41. The second-order valence-electron chi connectivity index (χ2n) is 6.42. The van der Waals surface area contributed by atoms with Crippen LogP contribution >= 0.6 is 0 Å². The van der Waals surface area contributed by atoms with Crippen LogP contribution in [0.1, 0.15) is 47.0 Å². The molecule has 17 heavy (non-hydrogen) atoms.